The molecule has 0 atom stereocenters. The Morgan fingerprint density at radius 3 is 2.48 bits per heavy atom. The van der Waals surface area contributed by atoms with Crippen molar-refractivity contribution in [3.05, 3.63) is 27.7 Å². The zero-order chi connectivity index (χ0) is 17.2. The number of hydrogen-bond donors (Lipinski definition) is 1. The van der Waals surface area contributed by atoms with Crippen LogP contribution in [0.5, 0.6) is 0 Å². The van der Waals surface area contributed by atoms with Gasteiger partial charge in [0.2, 0.25) is 15.9 Å². The minimum absolute atomic E-state index is 0.0155. The van der Waals surface area contributed by atoms with Crippen LogP contribution in [0.1, 0.15) is 30.9 Å². The summed E-state index contributed by atoms with van der Waals surface area (Å²) >= 11 is 3.48. The fourth-order valence-electron chi connectivity index (χ4n) is 2.95. The number of anilines is 1. The van der Waals surface area contributed by atoms with E-state index in [0.717, 1.165) is 27.7 Å². The third kappa shape index (κ3) is 4.55. The maximum Gasteiger partial charge on any atom is 0.227 e. The van der Waals surface area contributed by atoms with Gasteiger partial charge in [-0.3, -0.25) is 4.79 Å². The second-order valence-electron chi connectivity index (χ2n) is 6.04. The number of nitrogens with zero attached hydrogens (tertiary/aromatic N) is 1. The molecule has 0 bridgehead atoms. The number of rotatable bonds is 4. The van der Waals surface area contributed by atoms with E-state index in [1.165, 1.54) is 10.6 Å². The summed E-state index contributed by atoms with van der Waals surface area (Å²) < 4.78 is 25.5. The molecular formula is C16H23BrN2O3S. The maximum atomic E-state index is 12.5. The van der Waals surface area contributed by atoms with Gasteiger partial charge >= 0.3 is 0 Å². The Bertz CT molecular complexity index is 696. The van der Waals surface area contributed by atoms with Crippen LogP contribution in [0.25, 0.3) is 0 Å². The SMILES string of the molecule is CCc1cc(Br)cc(C)c1NC(=O)C1CCN(S(C)(=O)=O)CC1. The van der Waals surface area contributed by atoms with E-state index < -0.39 is 10.0 Å². The van der Waals surface area contributed by atoms with Crippen molar-refractivity contribution in [2.75, 3.05) is 24.7 Å². The summed E-state index contributed by atoms with van der Waals surface area (Å²) in [6.45, 7) is 4.86. The molecule has 128 valence electrons. The lowest BCUT2D eigenvalue weighted by molar-refractivity contribution is -0.120. The summed E-state index contributed by atoms with van der Waals surface area (Å²) in [5, 5.41) is 3.05. The first kappa shape index (κ1) is 18.4. The van der Waals surface area contributed by atoms with Crippen molar-refractivity contribution in [2.45, 2.75) is 33.1 Å². The number of hydrogen-bond acceptors (Lipinski definition) is 3. The van der Waals surface area contributed by atoms with Crippen molar-refractivity contribution < 1.29 is 13.2 Å². The van der Waals surface area contributed by atoms with Crippen LogP contribution in [0, 0.1) is 12.8 Å². The Hall–Kier alpha value is -0.920. The zero-order valence-electron chi connectivity index (χ0n) is 13.7. The summed E-state index contributed by atoms with van der Waals surface area (Å²) in [5.41, 5.74) is 3.00. The van der Waals surface area contributed by atoms with E-state index in [4.69, 9.17) is 0 Å². The smallest absolute Gasteiger partial charge is 0.227 e. The average molecular weight is 403 g/mol. The average Bonchev–Trinajstić information content (AvgIpc) is 2.48. The highest BCUT2D eigenvalue weighted by Gasteiger charge is 2.29. The van der Waals surface area contributed by atoms with Crippen LogP contribution < -0.4 is 5.32 Å². The molecule has 0 aromatic heterocycles. The number of amides is 1. The molecule has 1 amide bonds. The van der Waals surface area contributed by atoms with Crippen molar-refractivity contribution in [2.24, 2.45) is 5.92 Å². The molecule has 2 rings (SSSR count). The molecule has 1 aromatic rings. The summed E-state index contributed by atoms with van der Waals surface area (Å²) in [7, 11) is -3.16. The van der Waals surface area contributed by atoms with Crippen molar-refractivity contribution in [3.8, 4) is 0 Å². The normalized spacial score (nSPS) is 17.2. The number of piperidine rings is 1. The summed E-state index contributed by atoms with van der Waals surface area (Å²) in [4.78, 5) is 12.5. The monoisotopic (exact) mass is 402 g/mol. The van der Waals surface area contributed by atoms with Crippen LogP contribution in [-0.2, 0) is 21.2 Å². The van der Waals surface area contributed by atoms with Crippen molar-refractivity contribution in [1.82, 2.24) is 4.31 Å². The second kappa shape index (κ2) is 7.32. The lowest BCUT2D eigenvalue weighted by Crippen LogP contribution is -2.41. The van der Waals surface area contributed by atoms with E-state index >= 15 is 0 Å². The molecule has 7 heteroatoms. The Morgan fingerprint density at radius 2 is 1.96 bits per heavy atom. The van der Waals surface area contributed by atoms with Crippen LogP contribution in [0.4, 0.5) is 5.69 Å². The maximum absolute atomic E-state index is 12.5. The molecule has 1 aliphatic heterocycles. The first-order chi connectivity index (χ1) is 10.7. The Labute approximate surface area is 146 Å². The van der Waals surface area contributed by atoms with E-state index in [1.54, 1.807) is 0 Å². The van der Waals surface area contributed by atoms with Crippen LogP contribution >= 0.6 is 15.9 Å². The lowest BCUT2D eigenvalue weighted by Gasteiger charge is -2.29. The van der Waals surface area contributed by atoms with E-state index in [9.17, 15) is 13.2 Å². The molecule has 5 nitrogen and oxygen atoms in total. The molecule has 0 saturated carbocycles. The highest BCUT2D eigenvalue weighted by molar-refractivity contribution is 9.10. The van der Waals surface area contributed by atoms with Gasteiger partial charge in [0.25, 0.3) is 0 Å². The Balaban J connectivity index is 2.07. The molecular weight excluding hydrogens is 380 g/mol. The molecule has 23 heavy (non-hydrogen) atoms. The number of carbonyl (C=O) groups excluding carboxylic acids is 1. The van der Waals surface area contributed by atoms with Gasteiger partial charge in [-0.1, -0.05) is 22.9 Å². The molecule has 1 saturated heterocycles. The van der Waals surface area contributed by atoms with E-state index in [-0.39, 0.29) is 11.8 Å². The quantitative estimate of drug-likeness (QED) is 0.841. The third-order valence-electron chi connectivity index (χ3n) is 4.30. The molecule has 1 N–H and O–H groups in total. The van der Waals surface area contributed by atoms with Gasteiger partial charge in [-0.15, -0.1) is 0 Å². The molecule has 1 aliphatic rings. The minimum atomic E-state index is -3.16. The van der Waals surface area contributed by atoms with Gasteiger partial charge in [0, 0.05) is 29.2 Å². The molecule has 0 spiro atoms. The third-order valence-corrected chi connectivity index (χ3v) is 6.07. The topological polar surface area (TPSA) is 66.5 Å². The molecule has 0 radical (unpaired) electrons. The highest BCUT2D eigenvalue weighted by Crippen LogP contribution is 2.28. The van der Waals surface area contributed by atoms with Gasteiger partial charge < -0.3 is 5.32 Å². The Morgan fingerprint density at radius 1 is 1.35 bits per heavy atom. The van der Waals surface area contributed by atoms with Gasteiger partial charge in [0.05, 0.1) is 6.26 Å². The molecule has 0 aliphatic carbocycles. The van der Waals surface area contributed by atoms with Gasteiger partial charge in [0.15, 0.2) is 0 Å². The fourth-order valence-corrected chi connectivity index (χ4v) is 4.44. The number of halogens is 1. The van der Waals surface area contributed by atoms with Crippen LogP contribution in [0.2, 0.25) is 0 Å². The van der Waals surface area contributed by atoms with Gasteiger partial charge in [-0.05, 0) is 49.4 Å². The number of aryl methyl sites for hydroxylation is 2. The molecule has 1 fully saturated rings. The van der Waals surface area contributed by atoms with Gasteiger partial charge in [-0.25, -0.2) is 12.7 Å². The van der Waals surface area contributed by atoms with E-state index in [0.29, 0.717) is 25.9 Å². The summed E-state index contributed by atoms with van der Waals surface area (Å²) in [5.74, 6) is -0.154. The summed E-state index contributed by atoms with van der Waals surface area (Å²) in [6, 6.07) is 4.01. The van der Waals surface area contributed by atoms with E-state index in [1.807, 2.05) is 19.1 Å². The van der Waals surface area contributed by atoms with Crippen molar-refractivity contribution in [1.29, 1.82) is 0 Å². The largest absolute Gasteiger partial charge is 0.325 e. The molecule has 1 aromatic carbocycles. The zero-order valence-corrected chi connectivity index (χ0v) is 16.1. The predicted molar refractivity (Wildman–Crippen MR) is 96.0 cm³/mol. The van der Waals surface area contributed by atoms with Crippen LogP contribution in [0.3, 0.4) is 0 Å². The first-order valence-corrected chi connectivity index (χ1v) is 10.4. The van der Waals surface area contributed by atoms with Gasteiger partial charge in [0.1, 0.15) is 0 Å². The highest BCUT2D eigenvalue weighted by atomic mass is 79.9. The second-order valence-corrected chi connectivity index (χ2v) is 8.93. The van der Waals surface area contributed by atoms with Crippen LogP contribution in [-0.4, -0.2) is 38.0 Å². The van der Waals surface area contributed by atoms with Crippen LogP contribution in [0.15, 0.2) is 16.6 Å². The number of nitrogens with one attached hydrogen (secondary N) is 1. The van der Waals surface area contributed by atoms with E-state index in [2.05, 4.69) is 28.2 Å². The molecule has 0 unspecified atom stereocenters. The molecule has 1 heterocycles. The number of sulfonamides is 1. The summed E-state index contributed by atoms with van der Waals surface area (Å²) in [6.07, 6.45) is 3.18. The van der Waals surface area contributed by atoms with Gasteiger partial charge in [-0.2, -0.15) is 0 Å². The number of carbonyl (C=O) groups is 1. The predicted octanol–water partition coefficient (Wildman–Crippen LogP) is 2.93. The van der Waals surface area contributed by atoms with Crippen molar-refractivity contribution in [3.63, 3.8) is 0 Å². The Kier molecular flexibility index (Phi) is 5.86. The lowest BCUT2D eigenvalue weighted by atomic mass is 9.96. The fraction of sp³-hybridized carbons (Fsp3) is 0.562. The minimum Gasteiger partial charge on any atom is -0.325 e. The number of benzene rings is 1. The first-order valence-electron chi connectivity index (χ1n) is 7.77. The van der Waals surface area contributed by atoms with Crippen molar-refractivity contribution >= 4 is 37.5 Å². The standard InChI is InChI=1S/C16H23BrN2O3S/c1-4-12-10-14(17)9-11(2)15(12)18-16(20)13-5-7-19(8-6-13)23(3,21)22/h9-10,13H,4-8H2,1-3H3,(H,18,20).